The topological polar surface area (TPSA) is 114 Å². The lowest BCUT2D eigenvalue weighted by Gasteiger charge is -2.12. The van der Waals surface area contributed by atoms with E-state index in [-0.39, 0.29) is 11.7 Å². The van der Waals surface area contributed by atoms with Gasteiger partial charge in [-0.05, 0) is 36.8 Å². The minimum Gasteiger partial charge on any atom is -0.495 e. The van der Waals surface area contributed by atoms with Crippen LogP contribution in [0.4, 0.5) is 5.69 Å². The first kappa shape index (κ1) is 22.6. The number of hydrogen-bond donors (Lipinski definition) is 2. The zero-order valence-corrected chi connectivity index (χ0v) is 19.0. The summed E-state index contributed by atoms with van der Waals surface area (Å²) in [7, 11) is 4.62. The van der Waals surface area contributed by atoms with Crippen molar-refractivity contribution >= 4 is 35.0 Å². The smallest absolute Gasteiger partial charge is 0.234 e. The maximum absolute atomic E-state index is 12.4. The number of methoxy groups -OCH3 is 3. The molecule has 0 aliphatic rings. The number of nitrogens with two attached hydrogens (primary N) is 1. The van der Waals surface area contributed by atoms with E-state index in [1.165, 1.54) is 11.8 Å². The van der Waals surface area contributed by atoms with Gasteiger partial charge in [0, 0.05) is 16.7 Å². The maximum Gasteiger partial charge on any atom is 0.234 e. The van der Waals surface area contributed by atoms with Crippen molar-refractivity contribution in [1.29, 1.82) is 0 Å². The molecular weight excluding hydrogens is 442 g/mol. The second-order valence-electron chi connectivity index (χ2n) is 6.38. The average molecular weight is 464 g/mol. The number of nitrogen functional groups attached to an aromatic ring is 1. The van der Waals surface area contributed by atoms with Crippen LogP contribution in [0, 0.1) is 6.92 Å². The zero-order valence-electron chi connectivity index (χ0n) is 17.4. The molecule has 3 N–H and O–H groups in total. The Morgan fingerprint density at radius 1 is 1.10 bits per heavy atom. The number of carbonyl (C=O) groups excluding carboxylic acids is 1. The number of halogens is 1. The van der Waals surface area contributed by atoms with Gasteiger partial charge in [0.2, 0.25) is 11.1 Å². The van der Waals surface area contributed by atoms with Gasteiger partial charge in [0.25, 0.3) is 0 Å². The molecule has 0 saturated carbocycles. The molecule has 0 unspecified atom stereocenters. The van der Waals surface area contributed by atoms with Crippen LogP contribution in [0.15, 0.2) is 35.5 Å². The molecule has 1 amide bonds. The maximum atomic E-state index is 12.4. The number of aryl methyl sites for hydroxylation is 1. The Hall–Kier alpha value is -3.11. The van der Waals surface area contributed by atoms with Gasteiger partial charge in [-0.3, -0.25) is 4.79 Å². The molecule has 0 atom stereocenters. The Morgan fingerprint density at radius 3 is 2.48 bits per heavy atom. The Morgan fingerprint density at radius 2 is 1.81 bits per heavy atom. The number of aromatic nitrogens is 3. The van der Waals surface area contributed by atoms with Crippen LogP contribution in [-0.2, 0) is 4.79 Å². The van der Waals surface area contributed by atoms with Gasteiger partial charge in [-0.25, -0.2) is 4.68 Å². The van der Waals surface area contributed by atoms with Gasteiger partial charge in [-0.15, -0.1) is 10.2 Å². The summed E-state index contributed by atoms with van der Waals surface area (Å²) in [6.07, 6.45) is 0. The lowest BCUT2D eigenvalue weighted by atomic mass is 10.2. The third-order valence-electron chi connectivity index (χ3n) is 4.39. The molecule has 0 aliphatic heterocycles. The highest BCUT2D eigenvalue weighted by atomic mass is 35.5. The predicted molar refractivity (Wildman–Crippen MR) is 121 cm³/mol. The molecule has 3 rings (SSSR count). The molecule has 1 aromatic heterocycles. The number of nitrogens with zero attached hydrogens (tertiary/aromatic N) is 3. The summed E-state index contributed by atoms with van der Waals surface area (Å²) in [5.74, 6) is 8.02. The number of carbonyl (C=O) groups is 1. The van der Waals surface area contributed by atoms with Gasteiger partial charge >= 0.3 is 0 Å². The van der Waals surface area contributed by atoms with E-state index in [4.69, 9.17) is 31.7 Å². The quantitative estimate of drug-likeness (QED) is 0.386. The van der Waals surface area contributed by atoms with Crippen molar-refractivity contribution in [3.63, 3.8) is 0 Å². The third kappa shape index (κ3) is 4.97. The number of hydrogen-bond acceptors (Lipinski definition) is 8. The zero-order chi connectivity index (χ0) is 22.5. The number of benzene rings is 2. The highest BCUT2D eigenvalue weighted by Gasteiger charge is 2.17. The van der Waals surface area contributed by atoms with E-state index < -0.39 is 0 Å². The van der Waals surface area contributed by atoms with E-state index in [1.54, 1.807) is 44.6 Å². The highest BCUT2D eigenvalue weighted by molar-refractivity contribution is 7.99. The molecule has 0 bridgehead atoms. The van der Waals surface area contributed by atoms with Crippen molar-refractivity contribution < 1.29 is 19.0 Å². The SMILES string of the molecule is COc1cc(Cl)c(C)cc1NC(=O)CSc1nnc(-c2ccc(OC)c(OC)c2)n1N. The van der Waals surface area contributed by atoms with E-state index in [2.05, 4.69) is 15.5 Å². The van der Waals surface area contributed by atoms with E-state index in [9.17, 15) is 4.79 Å². The molecule has 0 saturated heterocycles. The van der Waals surface area contributed by atoms with Gasteiger partial charge in [0.15, 0.2) is 17.3 Å². The second-order valence-corrected chi connectivity index (χ2v) is 7.73. The van der Waals surface area contributed by atoms with Gasteiger partial charge in [-0.2, -0.15) is 0 Å². The average Bonchev–Trinajstić information content (AvgIpc) is 3.14. The Balaban J connectivity index is 1.71. The first-order valence-electron chi connectivity index (χ1n) is 9.07. The molecular formula is C20H22ClN5O4S. The highest BCUT2D eigenvalue weighted by Crippen LogP contribution is 2.33. The first-order chi connectivity index (χ1) is 14.9. The monoisotopic (exact) mass is 463 g/mol. The molecule has 0 radical (unpaired) electrons. The van der Waals surface area contributed by atoms with Crippen molar-refractivity contribution in [3.8, 4) is 28.6 Å². The Bertz CT molecular complexity index is 1110. The Kier molecular flexibility index (Phi) is 7.13. The summed E-state index contributed by atoms with van der Waals surface area (Å²) >= 11 is 7.26. The fourth-order valence-corrected chi connectivity index (χ4v) is 3.60. The van der Waals surface area contributed by atoms with E-state index >= 15 is 0 Å². The van der Waals surface area contributed by atoms with Gasteiger partial charge < -0.3 is 25.4 Å². The first-order valence-corrected chi connectivity index (χ1v) is 10.4. The summed E-state index contributed by atoms with van der Waals surface area (Å²) in [6, 6.07) is 8.72. The second kappa shape index (κ2) is 9.80. The van der Waals surface area contributed by atoms with Crippen LogP contribution in [0.2, 0.25) is 5.02 Å². The number of anilines is 1. The van der Waals surface area contributed by atoms with Crippen molar-refractivity contribution in [3.05, 3.63) is 40.9 Å². The summed E-state index contributed by atoms with van der Waals surface area (Å²) in [5, 5.41) is 12.0. The largest absolute Gasteiger partial charge is 0.495 e. The van der Waals surface area contributed by atoms with Crippen LogP contribution in [-0.4, -0.2) is 47.9 Å². The fraction of sp³-hybridized carbons (Fsp3) is 0.250. The standard InChI is InChI=1S/C20H22ClN5O4S/c1-11-7-14(16(29-3)9-13(11)21)23-18(27)10-31-20-25-24-19(26(20)22)12-5-6-15(28-2)17(8-12)30-4/h5-9H,10,22H2,1-4H3,(H,23,27). The lowest BCUT2D eigenvalue weighted by Crippen LogP contribution is -2.17. The summed E-state index contributed by atoms with van der Waals surface area (Å²) in [5.41, 5.74) is 2.06. The van der Waals surface area contributed by atoms with Gasteiger partial charge in [0.05, 0.1) is 32.8 Å². The minimum atomic E-state index is -0.249. The van der Waals surface area contributed by atoms with E-state index in [0.29, 0.717) is 44.5 Å². The normalized spacial score (nSPS) is 10.6. The van der Waals surface area contributed by atoms with Crippen LogP contribution < -0.4 is 25.4 Å². The predicted octanol–water partition coefficient (Wildman–Crippen LogP) is 3.38. The summed E-state index contributed by atoms with van der Waals surface area (Å²) in [4.78, 5) is 12.4. The van der Waals surface area contributed by atoms with Crippen LogP contribution in [0.5, 0.6) is 17.2 Å². The molecule has 3 aromatic rings. The van der Waals surface area contributed by atoms with E-state index in [1.807, 2.05) is 6.92 Å². The Labute approximate surface area is 188 Å². The van der Waals surface area contributed by atoms with Gasteiger partial charge in [-0.1, -0.05) is 23.4 Å². The summed E-state index contributed by atoms with van der Waals surface area (Å²) < 4.78 is 17.2. The molecule has 164 valence electrons. The lowest BCUT2D eigenvalue weighted by molar-refractivity contribution is -0.113. The number of thioether (sulfide) groups is 1. The minimum absolute atomic E-state index is 0.0755. The van der Waals surface area contributed by atoms with Gasteiger partial charge in [0.1, 0.15) is 5.75 Å². The number of amides is 1. The van der Waals surface area contributed by atoms with Crippen LogP contribution >= 0.6 is 23.4 Å². The fourth-order valence-electron chi connectivity index (χ4n) is 2.79. The third-order valence-corrected chi connectivity index (χ3v) is 5.74. The van der Waals surface area contributed by atoms with Crippen molar-refractivity contribution in [2.24, 2.45) is 0 Å². The van der Waals surface area contributed by atoms with E-state index in [0.717, 1.165) is 17.3 Å². The van der Waals surface area contributed by atoms with Crippen molar-refractivity contribution in [2.75, 3.05) is 38.2 Å². The van der Waals surface area contributed by atoms with Crippen molar-refractivity contribution in [2.45, 2.75) is 12.1 Å². The molecule has 31 heavy (non-hydrogen) atoms. The molecule has 9 nitrogen and oxygen atoms in total. The molecule has 0 fully saturated rings. The van der Waals surface area contributed by atoms with Crippen LogP contribution in [0.1, 0.15) is 5.56 Å². The summed E-state index contributed by atoms with van der Waals surface area (Å²) in [6.45, 7) is 1.85. The molecule has 0 spiro atoms. The van der Waals surface area contributed by atoms with Crippen molar-refractivity contribution in [1.82, 2.24) is 14.9 Å². The number of nitrogens with one attached hydrogen (secondary N) is 1. The molecule has 0 aliphatic carbocycles. The molecule has 2 aromatic carbocycles. The van der Waals surface area contributed by atoms with Crippen LogP contribution in [0.25, 0.3) is 11.4 Å². The number of rotatable bonds is 8. The molecule has 11 heteroatoms. The van der Waals surface area contributed by atoms with Crippen LogP contribution in [0.3, 0.4) is 0 Å². The number of ether oxygens (including phenoxy) is 3. The molecule has 1 heterocycles.